The molecule has 2 rings (SSSR count). The maximum Gasteiger partial charge on any atom is 0.271 e. The molecule has 0 heterocycles. The Labute approximate surface area is 135 Å². The summed E-state index contributed by atoms with van der Waals surface area (Å²) in [6.07, 6.45) is 2.51. The van der Waals surface area contributed by atoms with Crippen molar-refractivity contribution in [1.82, 2.24) is 5.43 Å². The molecular weight excluding hydrogens is 292 g/mol. The Kier molecular flexibility index (Phi) is 6.17. The molecule has 0 atom stereocenters. The Morgan fingerprint density at radius 1 is 1.17 bits per heavy atom. The average Bonchev–Trinajstić information content (AvgIpc) is 2.61. The highest BCUT2D eigenvalue weighted by molar-refractivity contribution is 5.95. The summed E-state index contributed by atoms with van der Waals surface area (Å²) in [6.45, 7) is 2.69. The van der Waals surface area contributed by atoms with Crippen molar-refractivity contribution in [2.24, 2.45) is 5.10 Å². The number of hydrazone groups is 1. The van der Waals surface area contributed by atoms with Gasteiger partial charge in [0.15, 0.2) is 0 Å². The Bertz CT molecular complexity index is 666. The van der Waals surface area contributed by atoms with Gasteiger partial charge in [-0.3, -0.25) is 4.79 Å². The lowest BCUT2D eigenvalue weighted by molar-refractivity contribution is 0.0955. The zero-order valence-corrected chi connectivity index (χ0v) is 13.3. The van der Waals surface area contributed by atoms with Crippen LogP contribution >= 0.6 is 0 Å². The fourth-order valence-electron chi connectivity index (χ4n) is 1.90. The molecule has 0 aliphatic heterocycles. The number of nitrogens with one attached hydrogen (secondary N) is 1. The highest BCUT2D eigenvalue weighted by Crippen LogP contribution is 2.16. The van der Waals surface area contributed by atoms with Crippen molar-refractivity contribution in [3.8, 4) is 11.5 Å². The van der Waals surface area contributed by atoms with Crippen LogP contribution in [0.25, 0.3) is 0 Å². The minimum Gasteiger partial charge on any atom is -0.497 e. The third kappa shape index (κ3) is 4.85. The third-order valence-electron chi connectivity index (χ3n) is 3.10. The number of benzene rings is 2. The summed E-state index contributed by atoms with van der Waals surface area (Å²) in [6, 6.07) is 14.4. The topological polar surface area (TPSA) is 59.9 Å². The van der Waals surface area contributed by atoms with Gasteiger partial charge in [-0.2, -0.15) is 5.10 Å². The number of nitrogens with zero attached hydrogens (tertiary/aromatic N) is 1. The normalized spacial score (nSPS) is 10.5. The second kappa shape index (κ2) is 8.58. The first-order chi connectivity index (χ1) is 11.2. The summed E-state index contributed by atoms with van der Waals surface area (Å²) in [5.41, 5.74) is 3.83. The van der Waals surface area contributed by atoms with Crippen LogP contribution in [0.15, 0.2) is 53.6 Å². The summed E-state index contributed by atoms with van der Waals surface area (Å²) in [5.74, 6) is 1.17. The van der Waals surface area contributed by atoms with E-state index < -0.39 is 0 Å². The molecule has 0 saturated heterocycles. The first kappa shape index (κ1) is 16.5. The lowest BCUT2D eigenvalue weighted by atomic mass is 10.2. The molecule has 120 valence electrons. The minimum atomic E-state index is -0.282. The van der Waals surface area contributed by atoms with Crippen LogP contribution in [0.2, 0.25) is 0 Å². The molecule has 0 unspecified atom stereocenters. The molecule has 0 aliphatic rings. The highest BCUT2D eigenvalue weighted by atomic mass is 16.5. The SMILES string of the molecule is CCCOc1ccccc1/C=N\NC(=O)c1ccc(OC)cc1. The summed E-state index contributed by atoms with van der Waals surface area (Å²) < 4.78 is 10.7. The first-order valence-corrected chi connectivity index (χ1v) is 7.44. The number of methoxy groups -OCH3 is 1. The Morgan fingerprint density at radius 3 is 2.61 bits per heavy atom. The lowest BCUT2D eigenvalue weighted by Crippen LogP contribution is -2.17. The molecule has 5 heteroatoms. The quantitative estimate of drug-likeness (QED) is 0.630. The van der Waals surface area contributed by atoms with Crippen molar-refractivity contribution in [2.45, 2.75) is 13.3 Å². The summed E-state index contributed by atoms with van der Waals surface area (Å²) in [5, 5.41) is 3.99. The number of carbonyl (C=O) groups excluding carboxylic acids is 1. The van der Waals surface area contributed by atoms with Gasteiger partial charge in [0, 0.05) is 11.1 Å². The van der Waals surface area contributed by atoms with Gasteiger partial charge in [-0.05, 0) is 42.8 Å². The van der Waals surface area contributed by atoms with Gasteiger partial charge in [0.1, 0.15) is 11.5 Å². The van der Waals surface area contributed by atoms with E-state index in [1.165, 1.54) is 0 Å². The molecule has 1 N–H and O–H groups in total. The fraction of sp³-hybridized carbons (Fsp3) is 0.222. The number of hydrogen-bond acceptors (Lipinski definition) is 4. The van der Waals surface area contributed by atoms with Gasteiger partial charge in [-0.1, -0.05) is 19.1 Å². The maximum absolute atomic E-state index is 12.0. The number of hydrogen-bond donors (Lipinski definition) is 1. The van der Waals surface area contributed by atoms with E-state index in [1.807, 2.05) is 31.2 Å². The van der Waals surface area contributed by atoms with Gasteiger partial charge < -0.3 is 9.47 Å². The minimum absolute atomic E-state index is 0.282. The molecule has 0 bridgehead atoms. The monoisotopic (exact) mass is 312 g/mol. The second-order valence-electron chi connectivity index (χ2n) is 4.81. The molecule has 0 aromatic heterocycles. The smallest absolute Gasteiger partial charge is 0.271 e. The van der Waals surface area contributed by atoms with Gasteiger partial charge in [-0.15, -0.1) is 0 Å². The summed E-state index contributed by atoms with van der Waals surface area (Å²) in [7, 11) is 1.58. The molecule has 0 fully saturated rings. The molecule has 2 aromatic rings. The standard InChI is InChI=1S/C18H20N2O3/c1-3-12-23-17-7-5-4-6-15(17)13-19-20-18(21)14-8-10-16(22-2)11-9-14/h4-11,13H,3,12H2,1-2H3,(H,20,21)/b19-13-. The van der Waals surface area contributed by atoms with Gasteiger partial charge in [0.25, 0.3) is 5.91 Å². The number of amides is 1. The number of rotatable bonds is 7. The molecule has 5 nitrogen and oxygen atoms in total. The Balaban J connectivity index is 1.99. The lowest BCUT2D eigenvalue weighted by Gasteiger charge is -2.07. The zero-order chi connectivity index (χ0) is 16.5. The van der Waals surface area contributed by atoms with Crippen LogP contribution in [-0.4, -0.2) is 25.8 Å². The van der Waals surface area contributed by atoms with Crippen LogP contribution in [-0.2, 0) is 0 Å². The predicted molar refractivity (Wildman–Crippen MR) is 90.3 cm³/mol. The predicted octanol–water partition coefficient (Wildman–Crippen LogP) is 3.25. The molecule has 0 spiro atoms. The molecule has 1 amide bonds. The Morgan fingerprint density at radius 2 is 1.91 bits per heavy atom. The molecule has 0 aliphatic carbocycles. The average molecular weight is 312 g/mol. The van der Waals surface area contributed by atoms with E-state index >= 15 is 0 Å². The van der Waals surface area contributed by atoms with Crippen molar-refractivity contribution in [2.75, 3.05) is 13.7 Å². The first-order valence-electron chi connectivity index (χ1n) is 7.44. The summed E-state index contributed by atoms with van der Waals surface area (Å²) in [4.78, 5) is 12.0. The van der Waals surface area contributed by atoms with Crippen LogP contribution in [0.5, 0.6) is 11.5 Å². The van der Waals surface area contributed by atoms with E-state index in [9.17, 15) is 4.79 Å². The van der Waals surface area contributed by atoms with E-state index in [4.69, 9.17) is 9.47 Å². The van der Waals surface area contributed by atoms with Crippen LogP contribution < -0.4 is 14.9 Å². The highest BCUT2D eigenvalue weighted by Gasteiger charge is 2.04. The number of ether oxygens (including phenoxy) is 2. The van der Waals surface area contributed by atoms with E-state index in [0.29, 0.717) is 17.9 Å². The molecule has 0 saturated carbocycles. The molecule has 2 aromatic carbocycles. The van der Waals surface area contributed by atoms with Crippen molar-refractivity contribution in [3.63, 3.8) is 0 Å². The van der Waals surface area contributed by atoms with Gasteiger partial charge >= 0.3 is 0 Å². The van der Waals surface area contributed by atoms with Gasteiger partial charge in [0.05, 0.1) is 19.9 Å². The third-order valence-corrected chi connectivity index (χ3v) is 3.10. The van der Waals surface area contributed by atoms with Crippen LogP contribution in [0.3, 0.4) is 0 Å². The van der Waals surface area contributed by atoms with E-state index in [2.05, 4.69) is 10.5 Å². The van der Waals surface area contributed by atoms with E-state index in [0.717, 1.165) is 17.7 Å². The van der Waals surface area contributed by atoms with Gasteiger partial charge in [0.2, 0.25) is 0 Å². The van der Waals surface area contributed by atoms with Crippen LogP contribution in [0.1, 0.15) is 29.3 Å². The molecule has 0 radical (unpaired) electrons. The largest absolute Gasteiger partial charge is 0.497 e. The number of para-hydroxylation sites is 1. The number of carbonyl (C=O) groups is 1. The Hall–Kier alpha value is -2.82. The van der Waals surface area contributed by atoms with Crippen molar-refractivity contribution < 1.29 is 14.3 Å². The van der Waals surface area contributed by atoms with Crippen LogP contribution in [0, 0.1) is 0 Å². The van der Waals surface area contributed by atoms with E-state index in [-0.39, 0.29) is 5.91 Å². The van der Waals surface area contributed by atoms with Crippen molar-refractivity contribution in [3.05, 3.63) is 59.7 Å². The van der Waals surface area contributed by atoms with Crippen molar-refractivity contribution >= 4 is 12.1 Å². The zero-order valence-electron chi connectivity index (χ0n) is 13.3. The fourth-order valence-corrected chi connectivity index (χ4v) is 1.90. The maximum atomic E-state index is 12.0. The van der Waals surface area contributed by atoms with E-state index in [1.54, 1.807) is 37.6 Å². The second-order valence-corrected chi connectivity index (χ2v) is 4.81. The van der Waals surface area contributed by atoms with Crippen molar-refractivity contribution in [1.29, 1.82) is 0 Å². The molecular formula is C18H20N2O3. The van der Waals surface area contributed by atoms with Gasteiger partial charge in [-0.25, -0.2) is 5.43 Å². The molecule has 23 heavy (non-hydrogen) atoms. The summed E-state index contributed by atoms with van der Waals surface area (Å²) >= 11 is 0. The van der Waals surface area contributed by atoms with Crippen LogP contribution in [0.4, 0.5) is 0 Å².